The largest absolute Gasteiger partial charge is 0.477 e. The van der Waals surface area contributed by atoms with E-state index in [9.17, 15) is 136 Å². The fourth-order valence-corrected chi connectivity index (χ4v) is 18.4. The number of ether oxygens (including phenoxy) is 14. The second kappa shape index (κ2) is 61.7. The monoisotopic (exact) mass is 1970 g/mol. The van der Waals surface area contributed by atoms with E-state index in [1.54, 1.807) is 6.08 Å². The van der Waals surface area contributed by atoms with Crippen molar-refractivity contribution in [3.8, 4) is 0 Å². The molecule has 0 radical (unpaired) electrons. The van der Waals surface area contributed by atoms with E-state index in [0.717, 1.165) is 72.1 Å². The van der Waals surface area contributed by atoms with Crippen LogP contribution in [-0.2, 0) is 90.3 Å². The fourth-order valence-electron chi connectivity index (χ4n) is 18.4. The summed E-state index contributed by atoms with van der Waals surface area (Å²) in [6, 6.07) is -6.68. The summed E-state index contributed by atoms with van der Waals surface area (Å²) < 4.78 is 83.0. The third-order valence-electron chi connectivity index (χ3n) is 26.2. The number of carbonyl (C=O) groups excluding carboxylic acids is 4. The zero-order chi connectivity index (χ0) is 99.9. The zero-order valence-corrected chi connectivity index (χ0v) is 79.1. The Morgan fingerprint density at radius 3 is 1.08 bits per heavy atom. The molecule has 14 unspecified atom stereocenters. The minimum absolute atomic E-state index is 0.153. The SMILES string of the molecule is CCCCCCCCCCCCC/C=C/[C@@H](O)[C@H](CO[C@@H]1OC(CO)[C@@H](O[C@@H]2OC(CO)[C@H](O)[C@H](O[C@@H]3OC(CO)[C@@H](O[C@@H]4OC(CO)[C@H](O)[C@H](O[C@@H]5OC(CO)[C@@H](O[C@@H]6OC(CO)[C@H](O)[C@H](O[C@]7(C(=O)O)CC(O)[C@@H](NC(C)=O)C([C@H](O)[C@H](O)CO)O7)C6O)[C@H](O)C5NC(C)=O)C4O)[C@H](O)C3NC(C)=O)C2O)[C@H](O)C1O)NC(=O)CCCCCCCCCCCCCCCCCCCCC. The number of allylic oxidation sites excluding steroid dienone is 1. The Kier molecular flexibility index (Phi) is 53.9. The average Bonchev–Trinajstić information content (AvgIpc) is 0.748. The van der Waals surface area contributed by atoms with Gasteiger partial charge in [-0.2, -0.15) is 0 Å². The first-order chi connectivity index (χ1) is 65.1. The molecule has 792 valence electrons. The van der Waals surface area contributed by atoms with Crippen molar-refractivity contribution in [1.29, 1.82) is 0 Å². The third-order valence-corrected chi connectivity index (χ3v) is 26.2. The lowest BCUT2D eigenvalue weighted by molar-refractivity contribution is -0.391. The molecular formula is C91H162N4O41. The van der Waals surface area contributed by atoms with Crippen LogP contribution in [-0.4, -0.2) is 427 Å². The van der Waals surface area contributed by atoms with Crippen LogP contribution in [0.4, 0.5) is 0 Å². The van der Waals surface area contributed by atoms with Gasteiger partial charge in [-0.15, -0.1) is 0 Å². The van der Waals surface area contributed by atoms with Crippen LogP contribution in [0.2, 0.25) is 0 Å². The van der Waals surface area contributed by atoms with Gasteiger partial charge in [0.25, 0.3) is 5.79 Å². The molecule has 7 fully saturated rings. The summed E-state index contributed by atoms with van der Waals surface area (Å²) in [5.74, 6) is -8.44. The highest BCUT2D eigenvalue weighted by molar-refractivity contribution is 5.77. The van der Waals surface area contributed by atoms with Crippen LogP contribution in [0.1, 0.15) is 247 Å². The first-order valence-electron chi connectivity index (χ1n) is 49.1. The quantitative estimate of drug-likeness (QED) is 0.0206. The Balaban J connectivity index is 0.991. The highest BCUT2D eigenvalue weighted by Gasteiger charge is 2.63. The molecule has 0 bridgehead atoms. The summed E-state index contributed by atoms with van der Waals surface area (Å²) in [5, 5.41) is 258. The average molecular weight is 1970 g/mol. The molecule has 0 aromatic rings. The molecule has 7 heterocycles. The number of amides is 4. The molecular weight excluding hydrogens is 1800 g/mol. The van der Waals surface area contributed by atoms with Crippen molar-refractivity contribution in [2.45, 2.75) is 479 Å². The molecule has 4 amide bonds. The van der Waals surface area contributed by atoms with Gasteiger partial charge < -0.3 is 200 Å². The van der Waals surface area contributed by atoms with Crippen LogP contribution in [0, 0.1) is 0 Å². The summed E-state index contributed by atoms with van der Waals surface area (Å²) >= 11 is 0. The molecule has 45 nitrogen and oxygen atoms in total. The molecule has 38 atom stereocenters. The molecule has 7 aliphatic heterocycles. The Labute approximate surface area is 794 Å². The normalized spacial score (nSPS) is 36.6. The predicted molar refractivity (Wildman–Crippen MR) is 474 cm³/mol. The standard InChI is InChI=1S/C91H162N4O41/c1-6-8-10-12-14-16-18-20-21-22-23-24-25-27-29-31-33-35-37-39-62(109)95-52(53(106)38-36-34-32-30-28-26-19-17-15-13-11-9-7-2)48-123-86-73(117)72(116)79(61(47-102)129-86)132-88-75(119)82(68(112)57(43-98)125-88)134-84-64(93-50(4)104)70(114)77(59(45-100)127-84)130-87-74(118)81(67(111)56(42-97)124-87)133-85-65(94-51(5)105)71(115)78(60(46-101)128-85)131-89-76(120)83(69(113)58(44-99)126-89)136-91(90(121)122)40-54(107)63(92-49(3)103)80(135-91)66(110)55(108)41-96/h36,38,52-61,63-89,96-102,106-108,110-120H,6-35,37,39-48H2,1-5H3,(H,92,103)(H,93,104)(H,94,105)(H,95,109)(H,121,122)/b38-36+/t52-,53+,54?,55+,56?,57?,58?,59?,60?,61?,63+,64?,65?,66+,67-,68-,69-,70+,71+,72+,73?,74?,75?,76?,77+,78+,79+,80?,81-,82-,83-,84-,85-,86+,87-,88-,89-,91-/m0/s1. The van der Waals surface area contributed by atoms with Crippen molar-refractivity contribution >= 4 is 29.6 Å². The number of unbranched alkanes of at least 4 members (excludes halogenated alkanes) is 29. The van der Waals surface area contributed by atoms with Crippen molar-refractivity contribution in [3.63, 3.8) is 0 Å². The molecule has 7 saturated heterocycles. The van der Waals surface area contributed by atoms with Crippen LogP contribution >= 0.6 is 0 Å². The summed E-state index contributed by atoms with van der Waals surface area (Å²) in [6.45, 7) is -0.969. The van der Waals surface area contributed by atoms with Crippen molar-refractivity contribution in [2.75, 3.05) is 52.9 Å². The number of carboxylic acid groups (broad SMARTS) is 1. The molecule has 7 aliphatic rings. The molecule has 0 saturated carbocycles. The molecule has 136 heavy (non-hydrogen) atoms. The van der Waals surface area contributed by atoms with E-state index in [-0.39, 0.29) is 12.3 Å². The first-order valence-corrected chi connectivity index (χ1v) is 49.1. The highest BCUT2D eigenvalue weighted by atomic mass is 16.8. The fraction of sp³-hybridized carbons (Fsp3) is 0.923. The van der Waals surface area contributed by atoms with E-state index >= 15 is 0 Å². The number of hydrogen-bond acceptors (Lipinski definition) is 40. The van der Waals surface area contributed by atoms with E-state index in [4.69, 9.17) is 66.3 Å². The second-order valence-corrected chi connectivity index (χ2v) is 37.0. The van der Waals surface area contributed by atoms with Crippen LogP contribution < -0.4 is 21.3 Å². The lowest BCUT2D eigenvalue weighted by Crippen LogP contribution is -2.71. The molecule has 7 rings (SSSR count). The maximum Gasteiger partial charge on any atom is 0.364 e. The molecule has 45 heteroatoms. The van der Waals surface area contributed by atoms with Gasteiger partial charge >= 0.3 is 5.97 Å². The Bertz CT molecular complexity index is 3380. The number of aliphatic carboxylic acids is 1. The number of aliphatic hydroxyl groups excluding tert-OH is 21. The maximum absolute atomic E-state index is 13.6. The molecule has 0 aliphatic carbocycles. The summed E-state index contributed by atoms with van der Waals surface area (Å²) in [4.78, 5) is 65.1. The maximum atomic E-state index is 13.6. The van der Waals surface area contributed by atoms with Crippen LogP contribution in [0.5, 0.6) is 0 Å². The van der Waals surface area contributed by atoms with E-state index in [2.05, 4.69) is 35.1 Å². The van der Waals surface area contributed by atoms with Gasteiger partial charge in [0.15, 0.2) is 37.7 Å². The minimum atomic E-state index is -3.25. The van der Waals surface area contributed by atoms with Crippen molar-refractivity contribution in [2.24, 2.45) is 0 Å². The van der Waals surface area contributed by atoms with Crippen LogP contribution in [0.15, 0.2) is 12.2 Å². The first kappa shape index (κ1) is 119. The molecule has 0 aromatic carbocycles. The van der Waals surface area contributed by atoms with Crippen molar-refractivity contribution < 1.29 is 203 Å². The number of hydrogen-bond donors (Lipinski definition) is 26. The van der Waals surface area contributed by atoms with E-state index in [0.29, 0.717) is 12.8 Å². The highest BCUT2D eigenvalue weighted by Crippen LogP contribution is 2.42. The Morgan fingerprint density at radius 2 is 0.713 bits per heavy atom. The number of nitrogens with one attached hydrogen (secondary N) is 4. The minimum Gasteiger partial charge on any atom is -0.477 e. The van der Waals surface area contributed by atoms with Gasteiger partial charge in [0.2, 0.25) is 23.6 Å². The smallest absolute Gasteiger partial charge is 0.364 e. The predicted octanol–water partition coefficient (Wildman–Crippen LogP) is -3.69. The van der Waals surface area contributed by atoms with Gasteiger partial charge in [0, 0.05) is 33.6 Å². The van der Waals surface area contributed by atoms with Gasteiger partial charge in [-0.1, -0.05) is 206 Å². The van der Waals surface area contributed by atoms with Gasteiger partial charge in [-0.25, -0.2) is 4.79 Å². The Hall–Kier alpha value is -4.31. The second-order valence-electron chi connectivity index (χ2n) is 37.0. The van der Waals surface area contributed by atoms with E-state index in [1.807, 2.05) is 6.08 Å². The number of carbonyl (C=O) groups is 5. The van der Waals surface area contributed by atoms with Crippen LogP contribution in [0.3, 0.4) is 0 Å². The Morgan fingerprint density at radius 1 is 0.382 bits per heavy atom. The molecule has 26 N–H and O–H groups in total. The zero-order valence-electron chi connectivity index (χ0n) is 79.1. The topological polar surface area (TPSA) is 708 Å². The number of rotatable bonds is 63. The summed E-state index contributed by atoms with van der Waals surface area (Å²) in [5.41, 5.74) is 0. The van der Waals surface area contributed by atoms with Crippen molar-refractivity contribution in [1.82, 2.24) is 21.3 Å². The van der Waals surface area contributed by atoms with Gasteiger partial charge in [-0.3, -0.25) is 19.2 Å². The van der Waals surface area contributed by atoms with Crippen molar-refractivity contribution in [3.05, 3.63) is 12.2 Å². The lowest BCUT2D eigenvalue weighted by atomic mass is 9.88. The number of aliphatic hydroxyl groups is 21. The lowest BCUT2D eigenvalue weighted by Gasteiger charge is -2.51. The third kappa shape index (κ3) is 35.0. The van der Waals surface area contributed by atoms with Crippen LogP contribution in [0.25, 0.3) is 0 Å². The van der Waals surface area contributed by atoms with E-state index < -0.39 is 315 Å². The van der Waals surface area contributed by atoms with Gasteiger partial charge in [0.05, 0.1) is 77.1 Å². The molecule has 0 aromatic heterocycles. The summed E-state index contributed by atoms with van der Waals surface area (Å²) in [7, 11) is 0. The van der Waals surface area contributed by atoms with Gasteiger partial charge in [-0.05, 0) is 19.3 Å². The van der Waals surface area contributed by atoms with E-state index in [1.165, 1.54) is 135 Å². The molecule has 0 spiro atoms. The van der Waals surface area contributed by atoms with Gasteiger partial charge in [0.1, 0.15) is 165 Å². The number of carboxylic acids is 1. The summed E-state index contributed by atoms with van der Waals surface area (Å²) in [6.07, 6.45) is -29.7.